The van der Waals surface area contributed by atoms with Crippen LogP contribution in [-0.4, -0.2) is 41.5 Å². The lowest BCUT2D eigenvalue weighted by atomic mass is 9.77. The fourth-order valence-corrected chi connectivity index (χ4v) is 1.93. The average Bonchev–Trinajstić information content (AvgIpc) is 2.43. The van der Waals surface area contributed by atoms with Crippen LogP contribution in [0.3, 0.4) is 0 Å². The van der Waals surface area contributed by atoms with Gasteiger partial charge in [0.15, 0.2) is 0 Å². The molecule has 0 spiro atoms. The molecule has 0 aromatic carbocycles. The van der Waals surface area contributed by atoms with Gasteiger partial charge in [0.2, 0.25) is 0 Å². The van der Waals surface area contributed by atoms with E-state index in [1.54, 1.807) is 0 Å². The maximum absolute atomic E-state index is 13.7. The third-order valence-corrected chi connectivity index (χ3v) is 4.25. The third kappa shape index (κ3) is 3.35. The molecule has 0 radical (unpaired) electrons. The highest BCUT2D eigenvalue weighted by Gasteiger charge is 2.93. The van der Waals surface area contributed by atoms with E-state index in [0.29, 0.717) is 0 Å². The molecule has 0 amide bonds. The Labute approximate surface area is 156 Å². The van der Waals surface area contributed by atoms with Crippen molar-refractivity contribution in [3.8, 4) is 0 Å². The molecule has 0 aliphatic heterocycles. The van der Waals surface area contributed by atoms with Gasteiger partial charge in [-0.25, -0.2) is 0 Å². The summed E-state index contributed by atoms with van der Waals surface area (Å²) in [7, 11) is 0. The van der Waals surface area contributed by atoms with Crippen molar-refractivity contribution in [2.75, 3.05) is 0 Å². The van der Waals surface area contributed by atoms with E-state index in [-0.39, 0.29) is 41.5 Å². The zero-order chi connectivity index (χ0) is 24.5. The molecule has 0 saturated carbocycles. The Kier molecular flexibility index (Phi) is 6.29. The lowest BCUT2D eigenvalue weighted by molar-refractivity contribution is -0.452. The van der Waals surface area contributed by atoms with Crippen molar-refractivity contribution in [2.24, 2.45) is 10.8 Å². The summed E-state index contributed by atoms with van der Waals surface area (Å²) in [5.41, 5.74) is -6.49. The molecule has 0 fully saturated rings. The molecule has 0 rings (SSSR count). The van der Waals surface area contributed by atoms with Gasteiger partial charge in [0.25, 0.3) is 0 Å². The van der Waals surface area contributed by atoms with Gasteiger partial charge in [-0.2, -0.15) is 61.5 Å². The van der Waals surface area contributed by atoms with Crippen molar-refractivity contribution in [1.29, 1.82) is 0 Å². The third-order valence-electron chi connectivity index (χ3n) is 4.25. The summed E-state index contributed by atoms with van der Waals surface area (Å²) in [6.07, 6.45) is 0. The summed E-state index contributed by atoms with van der Waals surface area (Å²) in [6, 6.07) is 0. The van der Waals surface area contributed by atoms with E-state index in [1.807, 2.05) is 0 Å². The van der Waals surface area contributed by atoms with Crippen LogP contribution in [0.2, 0.25) is 0 Å². The Bertz CT molecular complexity index is 551. The predicted molar refractivity (Wildman–Crippen MR) is 73.5 cm³/mol. The van der Waals surface area contributed by atoms with E-state index in [4.69, 9.17) is 0 Å². The molecule has 0 nitrogen and oxygen atoms in total. The van der Waals surface area contributed by atoms with Gasteiger partial charge in [0.05, 0.1) is 0 Å². The van der Waals surface area contributed by atoms with Crippen molar-refractivity contribution < 1.29 is 61.5 Å². The van der Waals surface area contributed by atoms with Gasteiger partial charge in [0.1, 0.15) is 0 Å². The van der Waals surface area contributed by atoms with Crippen LogP contribution in [0.25, 0.3) is 0 Å². The van der Waals surface area contributed by atoms with Crippen LogP contribution in [0.1, 0.15) is 41.5 Å². The Morgan fingerprint density at radius 2 is 0.345 bits per heavy atom. The van der Waals surface area contributed by atoms with Crippen molar-refractivity contribution in [3.05, 3.63) is 0 Å². The van der Waals surface area contributed by atoms with E-state index in [1.165, 1.54) is 0 Å². The van der Waals surface area contributed by atoms with Crippen LogP contribution in [0.15, 0.2) is 0 Å². The van der Waals surface area contributed by atoms with Gasteiger partial charge in [-0.1, -0.05) is 41.5 Å². The quantitative estimate of drug-likeness (QED) is 0.357. The first kappa shape index (κ1) is 28.0. The highest BCUT2D eigenvalue weighted by molar-refractivity contribution is 5.16. The Morgan fingerprint density at radius 1 is 0.241 bits per heavy atom. The molecule has 0 heterocycles. The summed E-state index contributed by atoms with van der Waals surface area (Å²) in [5.74, 6) is -50.7. The molecule has 0 saturated heterocycles. The first-order chi connectivity index (χ1) is 12.0. The first-order valence-electron chi connectivity index (χ1n) is 7.65. The van der Waals surface area contributed by atoms with Crippen LogP contribution in [-0.2, 0) is 0 Å². The largest absolute Gasteiger partial charge is 0.384 e. The number of hydrogen-bond acceptors (Lipinski definition) is 0. The maximum Gasteiger partial charge on any atom is 0.384 e. The van der Waals surface area contributed by atoms with Crippen LogP contribution in [0.4, 0.5) is 61.5 Å². The standard InChI is InChI=1S/C15H18F14/c1-7(2,3)9(16,17)11(20,21)13(24,25)15(28,29)14(26,27)12(22,23)10(18,19)8(4,5)6/h1-6H3. The second-order valence-corrected chi connectivity index (χ2v) is 8.52. The Balaban J connectivity index is 6.82. The van der Waals surface area contributed by atoms with Crippen LogP contribution < -0.4 is 0 Å². The van der Waals surface area contributed by atoms with E-state index >= 15 is 0 Å². The molecular formula is C15H18F14. The number of rotatable bonds is 6. The highest BCUT2D eigenvalue weighted by Crippen LogP contribution is 2.65. The second-order valence-electron chi connectivity index (χ2n) is 8.52. The first-order valence-corrected chi connectivity index (χ1v) is 7.65. The lowest BCUT2D eigenvalue weighted by Gasteiger charge is -2.46. The van der Waals surface area contributed by atoms with Gasteiger partial charge in [-0.05, 0) is 0 Å². The zero-order valence-electron chi connectivity index (χ0n) is 15.8. The van der Waals surface area contributed by atoms with Gasteiger partial charge in [0, 0.05) is 10.8 Å². The van der Waals surface area contributed by atoms with Gasteiger partial charge >= 0.3 is 41.5 Å². The summed E-state index contributed by atoms with van der Waals surface area (Å²) in [5, 5.41) is 0. The Hall–Kier alpha value is -0.980. The number of alkyl halides is 14. The van der Waals surface area contributed by atoms with Crippen molar-refractivity contribution in [2.45, 2.75) is 83.0 Å². The molecule has 14 heteroatoms. The van der Waals surface area contributed by atoms with Crippen molar-refractivity contribution >= 4 is 0 Å². The summed E-state index contributed by atoms with van der Waals surface area (Å²) >= 11 is 0. The van der Waals surface area contributed by atoms with Crippen molar-refractivity contribution in [3.63, 3.8) is 0 Å². The minimum Gasteiger partial charge on any atom is -0.199 e. The number of halogens is 14. The predicted octanol–water partition coefficient (Wildman–Crippen LogP) is 7.53. The molecule has 29 heavy (non-hydrogen) atoms. The lowest BCUT2D eigenvalue weighted by Crippen LogP contribution is -2.75. The van der Waals surface area contributed by atoms with Gasteiger partial charge in [-0.3, -0.25) is 0 Å². The van der Waals surface area contributed by atoms with Crippen LogP contribution >= 0.6 is 0 Å². The fraction of sp³-hybridized carbons (Fsp3) is 1.00. The maximum atomic E-state index is 13.7. The van der Waals surface area contributed by atoms with Crippen molar-refractivity contribution in [1.82, 2.24) is 0 Å². The molecule has 0 aromatic rings. The van der Waals surface area contributed by atoms with E-state index in [2.05, 4.69) is 0 Å². The molecule has 0 atom stereocenters. The SMILES string of the molecule is CC(C)(C)C(F)(F)C(F)(F)C(F)(F)C(F)(F)C(F)(F)C(F)(F)C(F)(F)C(C)(C)C. The topological polar surface area (TPSA) is 0 Å². The zero-order valence-corrected chi connectivity index (χ0v) is 15.8. The molecule has 0 aromatic heterocycles. The normalized spacial score (nSPS) is 17.0. The van der Waals surface area contributed by atoms with Crippen LogP contribution in [0, 0.1) is 10.8 Å². The average molecular weight is 464 g/mol. The number of hydrogen-bond donors (Lipinski definition) is 0. The molecular weight excluding hydrogens is 446 g/mol. The summed E-state index contributed by atoms with van der Waals surface area (Å²) in [6.45, 7) is 0.891. The van der Waals surface area contributed by atoms with Crippen LogP contribution in [0.5, 0.6) is 0 Å². The van der Waals surface area contributed by atoms with E-state index in [9.17, 15) is 61.5 Å². The van der Waals surface area contributed by atoms with Gasteiger partial charge in [-0.15, -0.1) is 0 Å². The minimum absolute atomic E-state index is 0.148. The summed E-state index contributed by atoms with van der Waals surface area (Å²) < 4.78 is 192. The molecule has 0 unspecified atom stereocenters. The molecule has 0 aliphatic rings. The molecule has 176 valence electrons. The van der Waals surface area contributed by atoms with E-state index in [0.717, 1.165) is 0 Å². The van der Waals surface area contributed by atoms with E-state index < -0.39 is 52.3 Å². The molecule has 0 bridgehead atoms. The second kappa shape index (κ2) is 6.51. The molecule has 0 N–H and O–H groups in total. The Morgan fingerprint density at radius 3 is 0.448 bits per heavy atom. The van der Waals surface area contributed by atoms with Gasteiger partial charge < -0.3 is 0 Å². The molecule has 0 aliphatic carbocycles. The monoisotopic (exact) mass is 464 g/mol. The minimum atomic E-state index is -8.02. The summed E-state index contributed by atoms with van der Waals surface area (Å²) in [4.78, 5) is 0. The fourth-order valence-electron chi connectivity index (χ4n) is 1.93. The highest BCUT2D eigenvalue weighted by atomic mass is 19.4. The smallest absolute Gasteiger partial charge is 0.199 e.